The molecule has 3 aliphatic rings. The third-order valence-electron chi connectivity index (χ3n) is 8.43. The van der Waals surface area contributed by atoms with Gasteiger partial charge in [0, 0.05) is 24.8 Å². The zero-order valence-electron chi connectivity index (χ0n) is 21.7. The van der Waals surface area contributed by atoms with Crippen LogP contribution in [0.25, 0.3) is 0 Å². The third kappa shape index (κ3) is 4.69. The lowest BCUT2D eigenvalue weighted by atomic mass is 9.51. The molecule has 1 saturated carbocycles. The van der Waals surface area contributed by atoms with Gasteiger partial charge in [0.15, 0.2) is 0 Å². The summed E-state index contributed by atoms with van der Waals surface area (Å²) < 4.78 is 5.89. The molecular formula is C30H39NO5. The van der Waals surface area contributed by atoms with E-state index in [1.165, 1.54) is 6.92 Å². The molecule has 1 aromatic carbocycles. The number of aliphatic hydroxyl groups is 2. The van der Waals surface area contributed by atoms with Crippen molar-refractivity contribution < 1.29 is 24.5 Å². The molecule has 2 fully saturated rings. The van der Waals surface area contributed by atoms with E-state index in [4.69, 9.17) is 4.74 Å². The Kier molecular flexibility index (Phi) is 7.31. The van der Waals surface area contributed by atoms with Crippen molar-refractivity contribution in [2.24, 2.45) is 29.1 Å². The molecule has 2 unspecified atom stereocenters. The Balaban J connectivity index is 1.92. The molecule has 194 valence electrons. The molecule has 1 aromatic rings. The first-order chi connectivity index (χ1) is 17.0. The maximum Gasteiger partial charge on any atom is 0.303 e. The maximum atomic E-state index is 14.2. The summed E-state index contributed by atoms with van der Waals surface area (Å²) in [6.45, 7) is 11.3. The number of esters is 1. The summed E-state index contributed by atoms with van der Waals surface area (Å²) in [6.07, 6.45) is 7.09. The summed E-state index contributed by atoms with van der Waals surface area (Å²) in [5.41, 5.74) is -0.635. The van der Waals surface area contributed by atoms with E-state index < -0.39 is 35.1 Å². The number of hydrogen-bond acceptors (Lipinski definition) is 5. The lowest BCUT2D eigenvalue weighted by molar-refractivity contribution is -0.166. The number of carbonyl (C=O) groups is 2. The summed E-state index contributed by atoms with van der Waals surface area (Å²) in [5, 5.41) is 25.8. The summed E-state index contributed by atoms with van der Waals surface area (Å²) >= 11 is 0. The molecule has 3 N–H and O–H groups in total. The van der Waals surface area contributed by atoms with E-state index in [1.807, 2.05) is 49.4 Å². The highest BCUT2D eigenvalue weighted by Gasteiger charge is 2.68. The number of carbonyl (C=O) groups excluding carboxylic acids is 2. The van der Waals surface area contributed by atoms with Crippen LogP contribution in [0.3, 0.4) is 0 Å². The minimum Gasteiger partial charge on any atom is -0.457 e. The van der Waals surface area contributed by atoms with Crippen LogP contribution in [-0.4, -0.2) is 45.9 Å². The number of amides is 1. The molecule has 0 aromatic heterocycles. The van der Waals surface area contributed by atoms with Crippen LogP contribution in [-0.2, 0) is 20.7 Å². The lowest BCUT2D eigenvalue weighted by Gasteiger charge is -2.52. The van der Waals surface area contributed by atoms with E-state index in [-0.39, 0.29) is 29.7 Å². The smallest absolute Gasteiger partial charge is 0.303 e. The Labute approximate surface area is 214 Å². The van der Waals surface area contributed by atoms with Gasteiger partial charge in [-0.25, -0.2) is 0 Å². The van der Waals surface area contributed by atoms with Crippen molar-refractivity contribution in [2.75, 3.05) is 0 Å². The molecule has 36 heavy (non-hydrogen) atoms. The maximum absolute atomic E-state index is 14.2. The largest absolute Gasteiger partial charge is 0.457 e. The average Bonchev–Trinajstić information content (AvgIpc) is 3.08. The number of allylic oxidation sites excluding steroid dienone is 1. The highest BCUT2D eigenvalue weighted by molar-refractivity contribution is 5.89. The van der Waals surface area contributed by atoms with Gasteiger partial charge in [0.2, 0.25) is 5.91 Å². The van der Waals surface area contributed by atoms with Gasteiger partial charge in [-0.2, -0.15) is 0 Å². The second-order valence-electron chi connectivity index (χ2n) is 11.3. The van der Waals surface area contributed by atoms with Crippen LogP contribution in [0.5, 0.6) is 0 Å². The van der Waals surface area contributed by atoms with Crippen molar-refractivity contribution in [3.05, 3.63) is 72.4 Å². The van der Waals surface area contributed by atoms with E-state index in [0.717, 1.165) is 5.56 Å². The molecule has 1 saturated heterocycles. The summed E-state index contributed by atoms with van der Waals surface area (Å²) in [7, 11) is 0. The fraction of sp³-hybridized carbons (Fsp3) is 0.533. The third-order valence-corrected chi connectivity index (χ3v) is 8.43. The molecule has 1 aliphatic heterocycles. The highest BCUT2D eigenvalue weighted by atomic mass is 16.5. The number of hydrogen-bond donors (Lipinski definition) is 3. The number of nitrogens with one attached hydrogen (secondary N) is 1. The van der Waals surface area contributed by atoms with Crippen molar-refractivity contribution in [3.63, 3.8) is 0 Å². The van der Waals surface area contributed by atoms with Crippen molar-refractivity contribution in [1.82, 2.24) is 5.32 Å². The zero-order chi connectivity index (χ0) is 26.3. The van der Waals surface area contributed by atoms with E-state index in [9.17, 15) is 19.8 Å². The Bertz CT molecular complexity index is 1060. The first kappa shape index (κ1) is 26.4. The van der Waals surface area contributed by atoms with Crippen molar-refractivity contribution >= 4 is 11.9 Å². The Morgan fingerprint density at radius 1 is 1.22 bits per heavy atom. The Morgan fingerprint density at radius 2 is 1.92 bits per heavy atom. The van der Waals surface area contributed by atoms with Crippen molar-refractivity contribution in [1.29, 1.82) is 0 Å². The van der Waals surface area contributed by atoms with Gasteiger partial charge in [0.25, 0.3) is 0 Å². The number of rotatable bonds is 3. The predicted octanol–water partition coefficient (Wildman–Crippen LogP) is 3.74. The molecule has 4 rings (SSSR count). The average molecular weight is 494 g/mol. The van der Waals surface area contributed by atoms with Gasteiger partial charge >= 0.3 is 5.97 Å². The van der Waals surface area contributed by atoms with Crippen molar-refractivity contribution in [2.45, 2.75) is 70.8 Å². The van der Waals surface area contributed by atoms with Crippen molar-refractivity contribution in [3.8, 4) is 0 Å². The quantitative estimate of drug-likeness (QED) is 0.440. The van der Waals surface area contributed by atoms with Crippen LogP contribution in [0.4, 0.5) is 0 Å². The lowest BCUT2D eigenvalue weighted by Crippen LogP contribution is -2.60. The van der Waals surface area contributed by atoms with Crippen LogP contribution in [0.15, 0.2) is 66.8 Å². The zero-order valence-corrected chi connectivity index (χ0v) is 21.7. The minimum atomic E-state index is -1.26. The van der Waals surface area contributed by atoms with Gasteiger partial charge in [-0.3, -0.25) is 9.59 Å². The summed E-state index contributed by atoms with van der Waals surface area (Å²) in [4.78, 5) is 26.5. The first-order valence-corrected chi connectivity index (χ1v) is 12.9. The Morgan fingerprint density at radius 3 is 2.58 bits per heavy atom. The van der Waals surface area contributed by atoms with Gasteiger partial charge < -0.3 is 20.3 Å². The molecule has 6 heteroatoms. The normalized spacial score (nSPS) is 42.3. The summed E-state index contributed by atoms with van der Waals surface area (Å²) in [6, 6.07) is 9.73. The number of benzene rings is 1. The number of aliphatic hydroxyl groups excluding tert-OH is 1. The standard InChI is InChI=1S/C30H39NO5/c1-18-10-9-13-23-27(33)20(3)19(2)26-24(16-22-11-7-6-8-12-22)31-28(34)30(23,26)25(36-21(4)32)14-15-29(5,35)17-18/h6-9,11-15,18-19,23-27,33,35H,3,10,16-17H2,1-2,4-5H3,(H,31,34)/b13-9+,15-14+/t18-,19+,23?,24-,25+,26-,27+,29+,30?/m0/s1. The van der Waals surface area contributed by atoms with E-state index in [2.05, 4.69) is 18.8 Å². The fourth-order valence-corrected chi connectivity index (χ4v) is 6.90. The van der Waals surface area contributed by atoms with Gasteiger partial charge in [0.1, 0.15) is 11.5 Å². The van der Waals surface area contributed by atoms with Crippen LogP contribution < -0.4 is 5.32 Å². The highest BCUT2D eigenvalue weighted by Crippen LogP contribution is 2.58. The summed E-state index contributed by atoms with van der Waals surface area (Å²) in [5.74, 6) is -1.75. The molecule has 0 radical (unpaired) electrons. The second kappa shape index (κ2) is 9.98. The number of ether oxygens (including phenoxy) is 1. The first-order valence-electron chi connectivity index (χ1n) is 12.9. The SMILES string of the molecule is C=C1[C@@H](O)C2/C=C/C[C@H](C)C[C@](C)(O)/C=C/[C@@H](OC(C)=O)C23C(=O)N[C@@H](Cc2ccccc2)[C@@H]3[C@@H]1C. The van der Waals surface area contributed by atoms with Gasteiger partial charge in [-0.05, 0) is 55.2 Å². The molecule has 1 heterocycles. The molecular weight excluding hydrogens is 454 g/mol. The topological polar surface area (TPSA) is 95.9 Å². The molecule has 9 atom stereocenters. The predicted molar refractivity (Wildman–Crippen MR) is 139 cm³/mol. The van der Waals surface area contributed by atoms with E-state index in [0.29, 0.717) is 24.8 Å². The second-order valence-corrected chi connectivity index (χ2v) is 11.3. The monoisotopic (exact) mass is 493 g/mol. The van der Waals surface area contributed by atoms with E-state index in [1.54, 1.807) is 19.1 Å². The van der Waals surface area contributed by atoms with E-state index >= 15 is 0 Å². The molecule has 6 nitrogen and oxygen atoms in total. The van der Waals surface area contributed by atoms with Gasteiger partial charge in [0.05, 0.1) is 11.7 Å². The van der Waals surface area contributed by atoms with Crippen LogP contribution in [0, 0.1) is 29.1 Å². The molecule has 2 aliphatic carbocycles. The molecule has 0 bridgehead atoms. The fourth-order valence-electron chi connectivity index (χ4n) is 6.90. The van der Waals surface area contributed by atoms with Gasteiger partial charge in [-0.15, -0.1) is 0 Å². The van der Waals surface area contributed by atoms with Gasteiger partial charge in [-0.1, -0.05) is 69.0 Å². The minimum absolute atomic E-state index is 0.170. The van der Waals surface area contributed by atoms with Crippen LogP contribution in [0.1, 0.15) is 46.1 Å². The molecule has 1 amide bonds. The van der Waals surface area contributed by atoms with Crippen LogP contribution >= 0.6 is 0 Å². The molecule has 1 spiro atoms. The Hall–Kier alpha value is -2.70. The van der Waals surface area contributed by atoms with Crippen LogP contribution in [0.2, 0.25) is 0 Å².